The highest BCUT2D eigenvalue weighted by molar-refractivity contribution is 5.92. The van der Waals surface area contributed by atoms with Crippen molar-refractivity contribution in [1.29, 1.82) is 0 Å². The van der Waals surface area contributed by atoms with Gasteiger partial charge in [0.15, 0.2) is 0 Å². The van der Waals surface area contributed by atoms with Crippen molar-refractivity contribution in [2.75, 3.05) is 30.7 Å². The molecule has 7 nitrogen and oxygen atoms in total. The van der Waals surface area contributed by atoms with Crippen LogP contribution < -0.4 is 11.1 Å². The molecular weight excluding hydrogens is 419 g/mol. The first kappa shape index (κ1) is 20.7. The third-order valence-electron chi connectivity index (χ3n) is 7.47. The van der Waals surface area contributed by atoms with E-state index in [1.54, 1.807) is 12.4 Å². The molecular formula is C25H29FN6O. The summed E-state index contributed by atoms with van der Waals surface area (Å²) < 4.78 is 19.5. The highest BCUT2D eigenvalue weighted by Gasteiger charge is 2.48. The number of ether oxygens (including phenoxy) is 1. The Balaban J connectivity index is 1.17. The van der Waals surface area contributed by atoms with E-state index in [-0.39, 0.29) is 11.3 Å². The lowest BCUT2D eigenvalue weighted by atomic mass is 9.89. The number of nitrogen functional groups attached to an aromatic ring is 1. The van der Waals surface area contributed by atoms with Crippen molar-refractivity contribution < 1.29 is 9.13 Å². The first-order valence-electron chi connectivity index (χ1n) is 11.9. The largest absolute Gasteiger partial charge is 0.395 e. The van der Waals surface area contributed by atoms with Gasteiger partial charge in [-0.15, -0.1) is 0 Å². The van der Waals surface area contributed by atoms with E-state index in [2.05, 4.69) is 25.2 Å². The van der Waals surface area contributed by atoms with Crippen LogP contribution in [0.5, 0.6) is 0 Å². The molecule has 3 heterocycles. The molecule has 0 radical (unpaired) electrons. The van der Waals surface area contributed by atoms with E-state index in [4.69, 9.17) is 10.5 Å². The monoisotopic (exact) mass is 448 g/mol. The first-order valence-corrected chi connectivity index (χ1v) is 11.9. The van der Waals surface area contributed by atoms with E-state index in [1.807, 2.05) is 18.2 Å². The summed E-state index contributed by atoms with van der Waals surface area (Å²) in [5.74, 6) is 0.196. The minimum atomic E-state index is -0.648. The maximum absolute atomic E-state index is 13.5. The van der Waals surface area contributed by atoms with Crippen LogP contribution in [0.1, 0.15) is 38.5 Å². The van der Waals surface area contributed by atoms with Gasteiger partial charge in [0.25, 0.3) is 0 Å². The molecule has 33 heavy (non-hydrogen) atoms. The fourth-order valence-corrected chi connectivity index (χ4v) is 5.38. The van der Waals surface area contributed by atoms with Gasteiger partial charge in [-0.2, -0.15) is 4.39 Å². The number of pyridine rings is 1. The van der Waals surface area contributed by atoms with E-state index < -0.39 is 5.95 Å². The summed E-state index contributed by atoms with van der Waals surface area (Å²) in [4.78, 5) is 15.4. The lowest BCUT2D eigenvalue weighted by Crippen LogP contribution is -2.50. The van der Waals surface area contributed by atoms with Gasteiger partial charge in [0, 0.05) is 42.3 Å². The number of hydrogen-bond acceptors (Lipinski definition) is 7. The third-order valence-corrected chi connectivity index (χ3v) is 7.47. The summed E-state index contributed by atoms with van der Waals surface area (Å²) in [5.41, 5.74) is 8.50. The van der Waals surface area contributed by atoms with E-state index >= 15 is 0 Å². The van der Waals surface area contributed by atoms with Crippen LogP contribution in [0.15, 0.2) is 36.8 Å². The second-order valence-electron chi connectivity index (χ2n) is 9.71. The maximum Gasteiger partial charge on any atom is 0.236 e. The fraction of sp³-hybridized carbons (Fsp3) is 0.480. The fourth-order valence-electron chi connectivity index (χ4n) is 5.38. The average Bonchev–Trinajstić information content (AvgIpc) is 3.59. The number of nitrogens with two attached hydrogens (primary N) is 1. The van der Waals surface area contributed by atoms with Gasteiger partial charge in [0.2, 0.25) is 5.95 Å². The molecule has 0 bridgehead atoms. The molecule has 3 fully saturated rings. The van der Waals surface area contributed by atoms with Crippen molar-refractivity contribution in [3.05, 3.63) is 42.7 Å². The topological polar surface area (TPSA) is 89.2 Å². The smallest absolute Gasteiger partial charge is 0.236 e. The Labute approximate surface area is 192 Å². The van der Waals surface area contributed by atoms with Gasteiger partial charge in [-0.05, 0) is 62.3 Å². The number of nitrogens with zero attached hydrogens (tertiary/aromatic N) is 4. The molecule has 6 rings (SSSR count). The van der Waals surface area contributed by atoms with Gasteiger partial charge in [-0.3, -0.25) is 4.90 Å². The zero-order chi connectivity index (χ0) is 22.4. The molecule has 2 aliphatic carbocycles. The first-order chi connectivity index (χ1) is 16.1. The molecule has 1 spiro atoms. The molecule has 3 aliphatic rings. The molecule has 1 aromatic carbocycles. The number of morpholine rings is 1. The van der Waals surface area contributed by atoms with Crippen molar-refractivity contribution >= 4 is 22.4 Å². The third kappa shape index (κ3) is 4.13. The van der Waals surface area contributed by atoms with Crippen LogP contribution in [-0.4, -0.2) is 57.2 Å². The molecule has 2 aromatic heterocycles. The molecule has 0 atom stereocenters. The average molecular weight is 449 g/mol. The van der Waals surface area contributed by atoms with E-state index in [9.17, 15) is 4.39 Å². The molecule has 1 aliphatic heterocycles. The summed E-state index contributed by atoms with van der Waals surface area (Å²) in [6.07, 6.45) is 10.2. The van der Waals surface area contributed by atoms with Crippen molar-refractivity contribution in [2.45, 2.75) is 56.2 Å². The Morgan fingerprint density at radius 2 is 1.91 bits per heavy atom. The van der Waals surface area contributed by atoms with Gasteiger partial charge in [-0.25, -0.2) is 15.0 Å². The van der Waals surface area contributed by atoms with E-state index in [1.165, 1.54) is 31.9 Å². The minimum Gasteiger partial charge on any atom is -0.395 e. The Kier molecular flexibility index (Phi) is 5.14. The minimum absolute atomic E-state index is 0.0416. The van der Waals surface area contributed by atoms with Crippen LogP contribution in [0.25, 0.3) is 22.0 Å². The maximum atomic E-state index is 13.5. The van der Waals surface area contributed by atoms with Gasteiger partial charge in [-0.1, -0.05) is 6.07 Å². The van der Waals surface area contributed by atoms with Gasteiger partial charge < -0.3 is 15.8 Å². The van der Waals surface area contributed by atoms with Gasteiger partial charge >= 0.3 is 0 Å². The number of benzene rings is 1. The lowest BCUT2D eigenvalue weighted by molar-refractivity contribution is -0.0643. The second-order valence-corrected chi connectivity index (χ2v) is 9.71. The number of nitrogens with one attached hydrogen (secondary N) is 1. The summed E-state index contributed by atoms with van der Waals surface area (Å²) in [6.45, 7) is 3.05. The van der Waals surface area contributed by atoms with Crippen LogP contribution in [0.3, 0.4) is 0 Å². The normalized spacial score (nSPS) is 24.8. The van der Waals surface area contributed by atoms with Crippen LogP contribution in [-0.2, 0) is 4.74 Å². The SMILES string of the molecule is Nc1cc(-c2ccc3ncnc(NC4CCC(N5CCOC6(CC6)C5)CC4)c3c2)cnc1F. The lowest BCUT2D eigenvalue weighted by Gasteiger charge is -2.41. The number of hydrogen-bond donors (Lipinski definition) is 2. The van der Waals surface area contributed by atoms with Crippen LogP contribution in [0.4, 0.5) is 15.9 Å². The predicted octanol–water partition coefficient (Wildman–Crippen LogP) is 4.00. The number of rotatable bonds is 4. The summed E-state index contributed by atoms with van der Waals surface area (Å²) >= 11 is 0. The van der Waals surface area contributed by atoms with Crippen LogP contribution >= 0.6 is 0 Å². The van der Waals surface area contributed by atoms with Gasteiger partial charge in [0.1, 0.15) is 12.1 Å². The predicted molar refractivity (Wildman–Crippen MR) is 126 cm³/mol. The highest BCUT2D eigenvalue weighted by atomic mass is 19.1. The van der Waals surface area contributed by atoms with E-state index in [0.29, 0.717) is 12.1 Å². The standard InChI is InChI=1S/C25H29FN6O/c26-23-21(27)12-17(13-28-23)16-1-6-22-20(11-16)24(30-15-29-22)31-18-2-4-19(5-3-18)32-9-10-33-25(14-32)7-8-25/h1,6,11-13,15,18-19H,2-5,7-10,14,27H2,(H,29,30,31). The zero-order valence-electron chi connectivity index (χ0n) is 18.6. The molecule has 3 N–H and O–H groups in total. The number of aromatic nitrogens is 3. The number of halogens is 1. The molecule has 8 heteroatoms. The highest BCUT2D eigenvalue weighted by Crippen LogP contribution is 2.43. The summed E-state index contributed by atoms with van der Waals surface area (Å²) in [7, 11) is 0. The Morgan fingerprint density at radius 3 is 2.70 bits per heavy atom. The molecule has 0 amide bonds. The van der Waals surface area contributed by atoms with Crippen molar-refractivity contribution in [3.8, 4) is 11.1 Å². The quantitative estimate of drug-likeness (QED) is 0.583. The van der Waals surface area contributed by atoms with Crippen LogP contribution in [0.2, 0.25) is 0 Å². The Bertz CT molecular complexity index is 1170. The molecule has 3 aromatic rings. The van der Waals surface area contributed by atoms with Crippen molar-refractivity contribution in [2.24, 2.45) is 0 Å². The summed E-state index contributed by atoms with van der Waals surface area (Å²) in [6, 6.07) is 8.60. The zero-order valence-corrected chi connectivity index (χ0v) is 18.6. The molecule has 172 valence electrons. The van der Waals surface area contributed by atoms with Gasteiger partial charge in [0.05, 0.1) is 23.4 Å². The Hall–Kier alpha value is -2.84. The molecule has 2 saturated carbocycles. The number of fused-ring (bicyclic) bond motifs is 1. The molecule has 1 saturated heterocycles. The second kappa shape index (κ2) is 8.18. The van der Waals surface area contributed by atoms with Crippen molar-refractivity contribution in [1.82, 2.24) is 19.9 Å². The number of anilines is 2. The summed E-state index contributed by atoms with van der Waals surface area (Å²) in [5, 5.41) is 4.63. The van der Waals surface area contributed by atoms with E-state index in [0.717, 1.165) is 60.4 Å². The Morgan fingerprint density at radius 1 is 1.06 bits per heavy atom. The molecule has 0 unspecified atom stereocenters. The van der Waals surface area contributed by atoms with Crippen LogP contribution in [0, 0.1) is 5.95 Å². The van der Waals surface area contributed by atoms with Crippen molar-refractivity contribution in [3.63, 3.8) is 0 Å².